The molecule has 3 aliphatic heterocycles. The smallest absolute Gasteiger partial charge is 0.138 e. The van der Waals surface area contributed by atoms with Gasteiger partial charge in [-0.25, -0.2) is 4.99 Å². The number of allylic oxidation sites excluding steroid dienone is 2. The fourth-order valence-corrected chi connectivity index (χ4v) is 3.83. The van der Waals surface area contributed by atoms with Crippen LogP contribution < -0.4 is 0 Å². The van der Waals surface area contributed by atoms with Gasteiger partial charge in [-0.1, -0.05) is 18.2 Å². The van der Waals surface area contributed by atoms with Crippen molar-refractivity contribution in [3.05, 3.63) is 52.6 Å². The van der Waals surface area contributed by atoms with E-state index in [0.717, 1.165) is 30.2 Å². The van der Waals surface area contributed by atoms with Crippen LogP contribution in [0.3, 0.4) is 0 Å². The molecule has 1 aromatic carbocycles. The van der Waals surface area contributed by atoms with E-state index in [9.17, 15) is 5.11 Å². The van der Waals surface area contributed by atoms with Crippen LogP contribution in [0.25, 0.3) is 0 Å². The van der Waals surface area contributed by atoms with Crippen molar-refractivity contribution in [2.24, 2.45) is 9.98 Å². The monoisotopic (exact) mass is 322 g/mol. The minimum absolute atomic E-state index is 0.104. The van der Waals surface area contributed by atoms with Crippen LogP contribution in [-0.2, 0) is 0 Å². The summed E-state index contributed by atoms with van der Waals surface area (Å²) in [6.07, 6.45) is 4.24. The zero-order valence-electron chi connectivity index (χ0n) is 12.3. The normalized spacial score (nSPS) is 22.7. The van der Waals surface area contributed by atoms with Crippen molar-refractivity contribution in [3.63, 3.8) is 0 Å². The molecule has 23 heavy (non-hydrogen) atoms. The molecular formula is C17H14N4OS. The van der Waals surface area contributed by atoms with Crippen LogP contribution >= 0.6 is 11.8 Å². The van der Waals surface area contributed by atoms with Crippen LogP contribution in [-0.4, -0.2) is 40.0 Å². The summed E-state index contributed by atoms with van der Waals surface area (Å²) in [6, 6.07) is 10.0. The predicted octanol–water partition coefficient (Wildman–Crippen LogP) is 3.15. The maximum Gasteiger partial charge on any atom is 0.138 e. The predicted molar refractivity (Wildman–Crippen MR) is 92.1 cm³/mol. The van der Waals surface area contributed by atoms with E-state index in [1.165, 1.54) is 11.8 Å². The van der Waals surface area contributed by atoms with Crippen LogP contribution in [0.5, 0.6) is 0 Å². The van der Waals surface area contributed by atoms with Crippen LogP contribution in [0, 0.1) is 11.3 Å². The summed E-state index contributed by atoms with van der Waals surface area (Å²) in [5, 5.41) is 19.3. The molecule has 1 unspecified atom stereocenters. The van der Waals surface area contributed by atoms with Gasteiger partial charge in [-0.2, -0.15) is 5.26 Å². The third kappa shape index (κ3) is 2.43. The van der Waals surface area contributed by atoms with Crippen molar-refractivity contribution in [2.75, 3.05) is 13.1 Å². The number of aliphatic imine (C=N–C) groups is 2. The molecule has 0 spiro atoms. The Kier molecular flexibility index (Phi) is 3.43. The molecule has 1 N–H and O–H groups in total. The number of hydrogen-bond acceptors (Lipinski definition) is 6. The Morgan fingerprint density at radius 1 is 1.43 bits per heavy atom. The lowest BCUT2D eigenvalue weighted by atomic mass is 10.1. The van der Waals surface area contributed by atoms with Crippen LogP contribution in [0.4, 0.5) is 5.69 Å². The van der Waals surface area contributed by atoms with Crippen molar-refractivity contribution in [2.45, 2.75) is 11.7 Å². The van der Waals surface area contributed by atoms with Crippen molar-refractivity contribution in [1.29, 1.82) is 5.26 Å². The SMILES string of the molecule is N#CC1=CCC(/C(O)=C/C2=Nc3ccccc3C3=NCCN23)S1. The number of aliphatic hydroxyl groups excluding tert-OH is 1. The van der Waals surface area contributed by atoms with Crippen molar-refractivity contribution in [3.8, 4) is 6.07 Å². The number of thioether (sulfide) groups is 1. The number of benzene rings is 1. The average Bonchev–Trinajstić information content (AvgIpc) is 3.24. The molecule has 3 aliphatic rings. The van der Waals surface area contributed by atoms with E-state index >= 15 is 0 Å². The van der Waals surface area contributed by atoms with E-state index in [2.05, 4.69) is 16.1 Å². The molecule has 114 valence electrons. The van der Waals surface area contributed by atoms with Crippen molar-refractivity contribution >= 4 is 29.1 Å². The van der Waals surface area contributed by atoms with Gasteiger partial charge in [0.15, 0.2) is 0 Å². The second-order valence-electron chi connectivity index (χ2n) is 5.44. The number of nitriles is 1. The van der Waals surface area contributed by atoms with Gasteiger partial charge in [0.1, 0.15) is 23.5 Å². The summed E-state index contributed by atoms with van der Waals surface area (Å²) in [4.78, 5) is 11.9. The number of amidine groups is 2. The first-order chi connectivity index (χ1) is 11.3. The first kappa shape index (κ1) is 14.1. The third-order valence-corrected chi connectivity index (χ3v) is 5.23. The highest BCUT2D eigenvalue weighted by Crippen LogP contribution is 2.36. The molecule has 0 fully saturated rings. The lowest BCUT2D eigenvalue weighted by Crippen LogP contribution is -2.36. The first-order valence-electron chi connectivity index (χ1n) is 7.44. The van der Waals surface area contributed by atoms with Gasteiger partial charge in [0.25, 0.3) is 0 Å². The van der Waals surface area contributed by atoms with Gasteiger partial charge < -0.3 is 10.0 Å². The molecule has 0 amide bonds. The van der Waals surface area contributed by atoms with Crippen LogP contribution in [0.2, 0.25) is 0 Å². The second kappa shape index (κ2) is 5.60. The fraction of sp³-hybridized carbons (Fsp3) is 0.235. The standard InChI is InChI=1S/C17H14N4OS/c18-10-11-5-6-15(23-11)14(22)9-16-20-13-4-2-1-3-12(13)17-19-7-8-21(16)17/h1-5,9,15,22H,6-8H2/b14-9-. The Hall–Kier alpha value is -2.52. The maximum atomic E-state index is 10.4. The number of aliphatic hydroxyl groups is 1. The van der Waals surface area contributed by atoms with E-state index in [-0.39, 0.29) is 11.0 Å². The molecule has 0 aromatic heterocycles. The van der Waals surface area contributed by atoms with Crippen molar-refractivity contribution < 1.29 is 5.11 Å². The molecule has 1 aromatic rings. The maximum absolute atomic E-state index is 10.4. The molecule has 0 saturated carbocycles. The molecular weight excluding hydrogens is 308 g/mol. The number of fused-ring (bicyclic) bond motifs is 3. The topological polar surface area (TPSA) is 72.0 Å². The molecule has 0 aliphatic carbocycles. The van der Waals surface area contributed by atoms with Gasteiger partial charge in [0, 0.05) is 18.2 Å². The molecule has 0 radical (unpaired) electrons. The minimum Gasteiger partial charge on any atom is -0.511 e. The van der Waals surface area contributed by atoms with Crippen LogP contribution in [0.1, 0.15) is 12.0 Å². The second-order valence-corrected chi connectivity index (χ2v) is 6.68. The van der Waals surface area contributed by atoms with E-state index < -0.39 is 0 Å². The van der Waals surface area contributed by atoms with Gasteiger partial charge in [0.05, 0.1) is 22.4 Å². The summed E-state index contributed by atoms with van der Waals surface area (Å²) in [7, 11) is 0. The number of para-hydroxylation sites is 1. The molecule has 5 nitrogen and oxygen atoms in total. The Morgan fingerprint density at radius 2 is 2.30 bits per heavy atom. The van der Waals surface area contributed by atoms with Crippen LogP contribution in [0.15, 0.2) is 57.1 Å². The average molecular weight is 322 g/mol. The summed E-state index contributed by atoms with van der Waals surface area (Å²) >= 11 is 1.40. The van der Waals surface area contributed by atoms with Gasteiger partial charge in [-0.15, -0.1) is 11.8 Å². The van der Waals surface area contributed by atoms with Gasteiger partial charge in [-0.3, -0.25) is 4.99 Å². The third-order valence-electron chi connectivity index (χ3n) is 4.00. The van der Waals surface area contributed by atoms with E-state index in [1.54, 1.807) is 6.08 Å². The summed E-state index contributed by atoms with van der Waals surface area (Å²) in [5.41, 5.74) is 1.91. The molecule has 3 heterocycles. The molecule has 0 saturated heterocycles. The summed E-state index contributed by atoms with van der Waals surface area (Å²) in [6.45, 7) is 1.50. The van der Waals surface area contributed by atoms with E-state index in [0.29, 0.717) is 17.2 Å². The number of hydrogen-bond donors (Lipinski definition) is 1. The zero-order valence-corrected chi connectivity index (χ0v) is 13.1. The fourth-order valence-electron chi connectivity index (χ4n) is 2.90. The minimum atomic E-state index is -0.104. The lowest BCUT2D eigenvalue weighted by Gasteiger charge is -2.26. The number of nitrogens with zero attached hydrogens (tertiary/aromatic N) is 4. The largest absolute Gasteiger partial charge is 0.511 e. The van der Waals surface area contributed by atoms with Gasteiger partial charge in [0.2, 0.25) is 0 Å². The molecule has 1 atom stereocenters. The first-order valence-corrected chi connectivity index (χ1v) is 8.32. The highest BCUT2D eigenvalue weighted by molar-refractivity contribution is 8.04. The van der Waals surface area contributed by atoms with Gasteiger partial charge >= 0.3 is 0 Å². The Morgan fingerprint density at radius 3 is 3.13 bits per heavy atom. The van der Waals surface area contributed by atoms with Crippen molar-refractivity contribution in [1.82, 2.24) is 4.90 Å². The quantitative estimate of drug-likeness (QED) is 0.849. The van der Waals surface area contributed by atoms with E-state index in [4.69, 9.17) is 5.26 Å². The summed E-state index contributed by atoms with van der Waals surface area (Å²) in [5.74, 6) is 1.88. The summed E-state index contributed by atoms with van der Waals surface area (Å²) < 4.78 is 0. The molecule has 0 bridgehead atoms. The number of rotatable bonds is 2. The lowest BCUT2D eigenvalue weighted by molar-refractivity contribution is 0.395. The Balaban J connectivity index is 1.67. The highest BCUT2D eigenvalue weighted by Gasteiger charge is 2.29. The molecule has 6 heteroatoms. The van der Waals surface area contributed by atoms with Gasteiger partial charge in [-0.05, 0) is 18.6 Å². The van der Waals surface area contributed by atoms with E-state index in [1.807, 2.05) is 35.2 Å². The molecule has 4 rings (SSSR count). The zero-order chi connectivity index (χ0) is 15.8. The Bertz CT molecular complexity index is 831. The highest BCUT2D eigenvalue weighted by atomic mass is 32.2. The Labute approximate surface area is 138 Å².